The molecule has 0 N–H and O–H groups in total. The number of carbonyl (C=O) groups is 3. The summed E-state index contributed by atoms with van der Waals surface area (Å²) in [6.45, 7) is 6.68. The van der Waals surface area contributed by atoms with E-state index in [1.807, 2.05) is 0 Å². The molecule has 6 heteroatoms. The van der Waals surface area contributed by atoms with Crippen molar-refractivity contribution in [2.24, 2.45) is 0 Å². The van der Waals surface area contributed by atoms with E-state index < -0.39 is 6.10 Å². The van der Waals surface area contributed by atoms with E-state index in [1.165, 1.54) is 302 Å². The second kappa shape index (κ2) is 70.1. The highest BCUT2D eigenvalue weighted by atomic mass is 16.6. The molecule has 476 valence electrons. The summed E-state index contributed by atoms with van der Waals surface area (Å²) in [6.07, 6.45) is 87.7. The van der Waals surface area contributed by atoms with Gasteiger partial charge in [0, 0.05) is 19.3 Å². The maximum Gasteiger partial charge on any atom is 0.306 e. The number of hydrogen-bond donors (Lipinski definition) is 0. The SMILES string of the molecule is CCCCCCC/C=C\C/C=C\CCCCCCCCCCCCCCCCCCCCCCCCCC(=O)OCC(COC(=O)CCCCCCCCCCCCC)OC(=O)CCCCCCCCC/C=C\CCCCCCCC. The molecule has 0 fully saturated rings. The van der Waals surface area contributed by atoms with Crippen molar-refractivity contribution in [3.63, 3.8) is 0 Å². The van der Waals surface area contributed by atoms with Crippen molar-refractivity contribution in [3.8, 4) is 0 Å². The van der Waals surface area contributed by atoms with Gasteiger partial charge in [-0.25, -0.2) is 0 Å². The van der Waals surface area contributed by atoms with E-state index in [-0.39, 0.29) is 31.1 Å². The van der Waals surface area contributed by atoms with Gasteiger partial charge in [-0.15, -0.1) is 0 Å². The summed E-state index contributed by atoms with van der Waals surface area (Å²) in [5, 5.41) is 0. The zero-order chi connectivity index (χ0) is 58.5. The number of carbonyl (C=O) groups excluding carboxylic acids is 3. The van der Waals surface area contributed by atoms with Crippen molar-refractivity contribution in [1.82, 2.24) is 0 Å². The van der Waals surface area contributed by atoms with Crippen molar-refractivity contribution in [1.29, 1.82) is 0 Å². The van der Waals surface area contributed by atoms with Crippen LogP contribution < -0.4 is 0 Å². The number of ether oxygens (including phenoxy) is 3. The van der Waals surface area contributed by atoms with Crippen LogP contribution in [0.2, 0.25) is 0 Å². The van der Waals surface area contributed by atoms with E-state index in [0.29, 0.717) is 19.3 Å². The molecule has 0 saturated heterocycles. The number of hydrogen-bond acceptors (Lipinski definition) is 6. The van der Waals surface area contributed by atoms with Gasteiger partial charge in [-0.2, -0.15) is 0 Å². The van der Waals surface area contributed by atoms with Crippen molar-refractivity contribution >= 4 is 17.9 Å². The Morgan fingerprint density at radius 3 is 0.691 bits per heavy atom. The fourth-order valence-corrected chi connectivity index (χ4v) is 11.1. The fourth-order valence-electron chi connectivity index (χ4n) is 11.1. The van der Waals surface area contributed by atoms with Gasteiger partial charge in [0.25, 0.3) is 0 Å². The molecule has 1 atom stereocenters. The smallest absolute Gasteiger partial charge is 0.306 e. The van der Waals surface area contributed by atoms with Crippen LogP contribution in [-0.2, 0) is 28.6 Å². The zero-order valence-corrected chi connectivity index (χ0v) is 54.8. The first-order chi connectivity index (χ1) is 40.0. The third-order valence-electron chi connectivity index (χ3n) is 16.6. The first kappa shape index (κ1) is 78.6. The van der Waals surface area contributed by atoms with E-state index >= 15 is 0 Å². The largest absolute Gasteiger partial charge is 0.462 e. The van der Waals surface area contributed by atoms with Crippen LogP contribution in [0.4, 0.5) is 0 Å². The van der Waals surface area contributed by atoms with E-state index in [1.54, 1.807) is 0 Å². The second-order valence-electron chi connectivity index (χ2n) is 24.9. The van der Waals surface area contributed by atoms with E-state index in [2.05, 4.69) is 57.2 Å². The predicted octanol–water partition coefficient (Wildman–Crippen LogP) is 25.1. The van der Waals surface area contributed by atoms with Gasteiger partial charge in [0.2, 0.25) is 0 Å². The Kier molecular flexibility index (Phi) is 68.1. The van der Waals surface area contributed by atoms with E-state index in [4.69, 9.17) is 14.2 Å². The normalized spacial score (nSPS) is 12.2. The maximum atomic E-state index is 12.9. The molecular weight excluding hydrogens is 997 g/mol. The quantitative estimate of drug-likeness (QED) is 0.0261. The summed E-state index contributed by atoms with van der Waals surface area (Å²) < 4.78 is 17.0. The summed E-state index contributed by atoms with van der Waals surface area (Å²) in [4.78, 5) is 38.3. The summed E-state index contributed by atoms with van der Waals surface area (Å²) in [5.74, 6) is -0.844. The van der Waals surface area contributed by atoms with Gasteiger partial charge in [-0.05, 0) is 77.0 Å². The van der Waals surface area contributed by atoms with Crippen LogP contribution in [0, 0.1) is 0 Å². The molecule has 0 aliphatic heterocycles. The molecule has 0 aliphatic carbocycles. The Labute approximate surface area is 506 Å². The van der Waals surface area contributed by atoms with Gasteiger partial charge in [0.1, 0.15) is 13.2 Å². The lowest BCUT2D eigenvalue weighted by molar-refractivity contribution is -0.167. The summed E-state index contributed by atoms with van der Waals surface area (Å²) in [7, 11) is 0. The number of allylic oxidation sites excluding steroid dienone is 6. The lowest BCUT2D eigenvalue weighted by Crippen LogP contribution is -2.30. The highest BCUT2D eigenvalue weighted by molar-refractivity contribution is 5.71. The van der Waals surface area contributed by atoms with Gasteiger partial charge in [-0.3, -0.25) is 14.4 Å². The Morgan fingerprint density at radius 2 is 0.444 bits per heavy atom. The van der Waals surface area contributed by atoms with E-state index in [9.17, 15) is 14.4 Å². The Hall–Kier alpha value is -2.37. The van der Waals surface area contributed by atoms with Crippen LogP contribution >= 0.6 is 0 Å². The van der Waals surface area contributed by atoms with Gasteiger partial charge >= 0.3 is 17.9 Å². The number of rotatable bonds is 68. The van der Waals surface area contributed by atoms with Crippen molar-refractivity contribution < 1.29 is 28.6 Å². The topological polar surface area (TPSA) is 78.9 Å². The summed E-state index contributed by atoms with van der Waals surface area (Å²) in [6, 6.07) is 0. The zero-order valence-electron chi connectivity index (χ0n) is 54.8. The molecule has 0 heterocycles. The van der Waals surface area contributed by atoms with Crippen LogP contribution in [0.3, 0.4) is 0 Å². The van der Waals surface area contributed by atoms with Gasteiger partial charge in [0.05, 0.1) is 0 Å². The monoisotopic (exact) mass is 1140 g/mol. The highest BCUT2D eigenvalue weighted by Crippen LogP contribution is 2.19. The first-order valence-corrected chi connectivity index (χ1v) is 36.5. The van der Waals surface area contributed by atoms with E-state index in [0.717, 1.165) is 64.2 Å². The highest BCUT2D eigenvalue weighted by Gasteiger charge is 2.19. The molecule has 81 heavy (non-hydrogen) atoms. The third-order valence-corrected chi connectivity index (χ3v) is 16.6. The molecule has 0 bridgehead atoms. The number of esters is 3. The molecule has 0 radical (unpaired) electrons. The Bertz CT molecular complexity index is 1350. The van der Waals surface area contributed by atoms with Crippen molar-refractivity contribution in [3.05, 3.63) is 36.5 Å². The fraction of sp³-hybridized carbons (Fsp3) is 0.880. The standard InChI is InChI=1S/C75H140O6/c1-4-7-10-13-16-19-22-24-26-28-29-30-31-32-33-34-35-36-37-38-39-40-41-42-43-44-45-47-48-50-53-56-59-62-65-68-74(77)80-71-72(70-79-73(76)67-64-61-58-55-52-21-18-15-12-9-6-3)81-75(78)69-66-63-60-57-54-51-49-46-27-25-23-20-17-14-11-8-5-2/h22,24-25,27-29,72H,4-21,23,26,30-71H2,1-3H3/b24-22-,27-25-,29-28-. The molecule has 0 aromatic heterocycles. The van der Waals surface area contributed by atoms with Crippen LogP contribution in [0.25, 0.3) is 0 Å². The predicted molar refractivity (Wildman–Crippen MR) is 353 cm³/mol. The van der Waals surface area contributed by atoms with Gasteiger partial charge < -0.3 is 14.2 Å². The average molecular weight is 1140 g/mol. The average Bonchev–Trinajstić information content (AvgIpc) is 3.47. The second-order valence-corrected chi connectivity index (χ2v) is 24.9. The van der Waals surface area contributed by atoms with Crippen LogP contribution in [0.15, 0.2) is 36.5 Å². The van der Waals surface area contributed by atoms with Crippen molar-refractivity contribution in [2.45, 2.75) is 412 Å². The third kappa shape index (κ3) is 68.3. The lowest BCUT2D eigenvalue weighted by atomic mass is 10.0. The summed E-state index contributed by atoms with van der Waals surface area (Å²) in [5.41, 5.74) is 0. The first-order valence-electron chi connectivity index (χ1n) is 36.5. The minimum Gasteiger partial charge on any atom is -0.462 e. The maximum absolute atomic E-state index is 12.9. The Balaban J connectivity index is 4.03. The molecule has 0 aromatic rings. The molecular formula is C75H140O6. The Morgan fingerprint density at radius 1 is 0.247 bits per heavy atom. The summed E-state index contributed by atoms with van der Waals surface area (Å²) >= 11 is 0. The molecule has 1 unspecified atom stereocenters. The molecule has 0 amide bonds. The molecule has 6 nitrogen and oxygen atoms in total. The number of unbranched alkanes of at least 4 members (excludes halogenated alkanes) is 51. The van der Waals surface area contributed by atoms with Gasteiger partial charge in [0.15, 0.2) is 6.10 Å². The molecule has 0 aliphatic rings. The van der Waals surface area contributed by atoms with Crippen LogP contribution in [0.5, 0.6) is 0 Å². The minimum atomic E-state index is -0.770. The molecule has 0 saturated carbocycles. The molecule has 0 rings (SSSR count). The van der Waals surface area contributed by atoms with Crippen molar-refractivity contribution in [2.75, 3.05) is 13.2 Å². The molecule has 0 aromatic carbocycles. The molecule has 0 spiro atoms. The minimum absolute atomic E-state index is 0.0674. The van der Waals surface area contributed by atoms with Crippen LogP contribution in [-0.4, -0.2) is 37.2 Å². The lowest BCUT2D eigenvalue weighted by Gasteiger charge is -2.18. The van der Waals surface area contributed by atoms with Crippen LogP contribution in [0.1, 0.15) is 406 Å². The van der Waals surface area contributed by atoms with Gasteiger partial charge in [-0.1, -0.05) is 346 Å².